The largest absolute Gasteiger partial charge is 0.389 e. The zero-order valence-corrected chi connectivity index (χ0v) is 24.0. The Bertz CT molecular complexity index is 542. The number of ether oxygens (including phenoxy) is 9. The summed E-state index contributed by atoms with van der Waals surface area (Å²) in [7, 11) is 5.19. The quantitative estimate of drug-likeness (QED) is 0.0501. The topological polar surface area (TPSA) is 141 Å². The van der Waals surface area contributed by atoms with Gasteiger partial charge in [-0.15, -0.1) is 0 Å². The molecule has 13 nitrogen and oxygen atoms in total. The first kappa shape index (κ1) is 38.0. The number of thiol groups is 1. The Morgan fingerprint density at radius 2 is 0.769 bits per heavy atom. The standard InChI is InChI=1S/C24H47BN2O11S/c25-22-38-20-19-37-18-17-36-16-15-34-11-8-31-5-2-26-23(28)1-4-30-7-10-33-13-14-35-12-9-32-6-3-27-24(29)21-39/h39H,1-22H2,(H,26,28)(H,27,29). The van der Waals surface area contributed by atoms with Crippen molar-refractivity contribution in [3.05, 3.63) is 0 Å². The summed E-state index contributed by atoms with van der Waals surface area (Å²) in [6.45, 7) is 8.72. The highest BCUT2D eigenvalue weighted by Crippen LogP contribution is 1.87. The lowest BCUT2D eigenvalue weighted by atomic mass is 10.2. The fourth-order valence-corrected chi connectivity index (χ4v) is 2.67. The zero-order valence-electron chi connectivity index (χ0n) is 23.1. The van der Waals surface area contributed by atoms with E-state index in [-0.39, 0.29) is 30.5 Å². The van der Waals surface area contributed by atoms with Crippen LogP contribution in [0.3, 0.4) is 0 Å². The van der Waals surface area contributed by atoms with Gasteiger partial charge in [-0.05, 0) is 0 Å². The molecule has 0 saturated carbocycles. The maximum Gasteiger partial charge on any atom is 0.229 e. The number of carbonyl (C=O) groups excluding carboxylic acids is 2. The minimum absolute atomic E-state index is 0.0940. The van der Waals surface area contributed by atoms with E-state index in [0.29, 0.717) is 125 Å². The normalized spacial score (nSPS) is 11.1. The second kappa shape index (κ2) is 33.2. The predicted octanol–water partition coefficient (Wildman–Crippen LogP) is -1.19. The third-order valence-electron chi connectivity index (χ3n) is 4.48. The first-order valence-corrected chi connectivity index (χ1v) is 13.9. The van der Waals surface area contributed by atoms with Gasteiger partial charge in [0.25, 0.3) is 0 Å². The van der Waals surface area contributed by atoms with E-state index in [1.54, 1.807) is 0 Å². The zero-order chi connectivity index (χ0) is 28.5. The van der Waals surface area contributed by atoms with Gasteiger partial charge >= 0.3 is 0 Å². The van der Waals surface area contributed by atoms with Gasteiger partial charge in [-0.25, -0.2) is 0 Å². The fraction of sp³-hybridized carbons (Fsp3) is 0.917. The smallest absolute Gasteiger partial charge is 0.229 e. The molecule has 0 aliphatic carbocycles. The van der Waals surface area contributed by atoms with Crippen molar-refractivity contribution in [1.29, 1.82) is 0 Å². The van der Waals surface area contributed by atoms with Crippen molar-refractivity contribution in [2.24, 2.45) is 0 Å². The number of rotatable bonds is 32. The molecule has 0 spiro atoms. The molecular weight excluding hydrogens is 535 g/mol. The number of carbonyl (C=O) groups is 2. The lowest BCUT2D eigenvalue weighted by Gasteiger charge is -2.09. The van der Waals surface area contributed by atoms with Crippen molar-refractivity contribution < 1.29 is 52.2 Å². The Balaban J connectivity index is 3.16. The third kappa shape index (κ3) is 33.1. The van der Waals surface area contributed by atoms with Gasteiger partial charge < -0.3 is 53.3 Å². The van der Waals surface area contributed by atoms with Crippen LogP contribution in [0.2, 0.25) is 0 Å². The van der Waals surface area contributed by atoms with Crippen LogP contribution in [0.1, 0.15) is 6.42 Å². The molecule has 0 aliphatic heterocycles. The van der Waals surface area contributed by atoms with Crippen LogP contribution in [0, 0.1) is 0 Å². The van der Waals surface area contributed by atoms with Crippen LogP contribution in [0.25, 0.3) is 0 Å². The van der Waals surface area contributed by atoms with Crippen molar-refractivity contribution in [1.82, 2.24) is 10.6 Å². The third-order valence-corrected chi connectivity index (χ3v) is 4.76. The Morgan fingerprint density at radius 3 is 1.13 bits per heavy atom. The molecule has 0 aliphatic rings. The van der Waals surface area contributed by atoms with Gasteiger partial charge in [0.05, 0.1) is 118 Å². The van der Waals surface area contributed by atoms with Gasteiger partial charge in [0.2, 0.25) is 11.8 Å². The summed E-state index contributed by atoms with van der Waals surface area (Å²) in [6, 6.07) is 0. The van der Waals surface area contributed by atoms with E-state index < -0.39 is 0 Å². The van der Waals surface area contributed by atoms with E-state index in [9.17, 15) is 9.59 Å². The molecule has 39 heavy (non-hydrogen) atoms. The van der Waals surface area contributed by atoms with E-state index >= 15 is 0 Å². The van der Waals surface area contributed by atoms with Crippen LogP contribution in [-0.4, -0.2) is 157 Å². The monoisotopic (exact) mass is 582 g/mol. The molecule has 0 aromatic carbocycles. The Labute approximate surface area is 239 Å². The van der Waals surface area contributed by atoms with Crippen molar-refractivity contribution in [3.8, 4) is 0 Å². The van der Waals surface area contributed by atoms with Gasteiger partial charge in [-0.3, -0.25) is 9.59 Å². The predicted molar refractivity (Wildman–Crippen MR) is 148 cm³/mol. The van der Waals surface area contributed by atoms with E-state index in [1.807, 2.05) is 0 Å². The summed E-state index contributed by atoms with van der Waals surface area (Å²) in [5.41, 5.74) is 0. The second-order valence-electron chi connectivity index (χ2n) is 7.58. The van der Waals surface area contributed by atoms with Crippen molar-refractivity contribution in [2.45, 2.75) is 6.42 Å². The minimum Gasteiger partial charge on any atom is -0.389 e. The van der Waals surface area contributed by atoms with Gasteiger partial charge in [0, 0.05) is 26.0 Å². The Kier molecular flexibility index (Phi) is 32.3. The molecule has 2 radical (unpaired) electrons. The Morgan fingerprint density at radius 1 is 0.462 bits per heavy atom. The van der Waals surface area contributed by atoms with Crippen LogP contribution >= 0.6 is 12.6 Å². The second-order valence-corrected chi connectivity index (χ2v) is 7.90. The molecule has 15 heteroatoms. The van der Waals surface area contributed by atoms with E-state index in [4.69, 9.17) is 50.5 Å². The molecule has 0 bridgehead atoms. The van der Waals surface area contributed by atoms with E-state index in [2.05, 4.69) is 23.3 Å². The molecule has 0 unspecified atom stereocenters. The van der Waals surface area contributed by atoms with Gasteiger partial charge in [-0.1, -0.05) is 0 Å². The first-order chi connectivity index (χ1) is 19.2. The van der Waals surface area contributed by atoms with Crippen LogP contribution in [0.4, 0.5) is 0 Å². The van der Waals surface area contributed by atoms with Crippen LogP contribution in [0.15, 0.2) is 0 Å². The minimum atomic E-state index is -0.120. The first-order valence-electron chi connectivity index (χ1n) is 13.2. The average molecular weight is 583 g/mol. The molecule has 0 saturated heterocycles. The van der Waals surface area contributed by atoms with Crippen molar-refractivity contribution in [2.75, 3.05) is 138 Å². The van der Waals surface area contributed by atoms with Crippen molar-refractivity contribution in [3.63, 3.8) is 0 Å². The van der Waals surface area contributed by atoms with E-state index in [1.165, 1.54) is 0 Å². The van der Waals surface area contributed by atoms with E-state index in [0.717, 1.165) is 0 Å². The molecule has 0 aromatic rings. The lowest BCUT2D eigenvalue weighted by Crippen LogP contribution is -2.28. The molecule has 0 fully saturated rings. The van der Waals surface area contributed by atoms with Crippen LogP contribution in [-0.2, 0) is 52.2 Å². The molecule has 0 rings (SSSR count). The maximum absolute atomic E-state index is 11.8. The number of hydrogen-bond acceptors (Lipinski definition) is 12. The Hall–Kier alpha value is -1.01. The summed E-state index contributed by atoms with van der Waals surface area (Å²) >= 11 is 3.86. The van der Waals surface area contributed by atoms with Crippen LogP contribution < -0.4 is 10.6 Å². The molecule has 0 atom stereocenters. The molecule has 228 valence electrons. The fourth-order valence-electron chi connectivity index (χ4n) is 2.56. The summed E-state index contributed by atoms with van der Waals surface area (Å²) < 4.78 is 47.9. The molecular formula is C24H47BN2O11S. The summed E-state index contributed by atoms with van der Waals surface area (Å²) in [5.74, 6) is -0.0456. The highest BCUT2D eigenvalue weighted by Gasteiger charge is 2.01. The van der Waals surface area contributed by atoms with Crippen molar-refractivity contribution >= 4 is 32.3 Å². The summed E-state index contributed by atoms with van der Waals surface area (Å²) in [6.07, 6.45) is 0.275. The van der Waals surface area contributed by atoms with Gasteiger partial charge in [-0.2, -0.15) is 12.6 Å². The SMILES string of the molecule is [B]COCCOCCOCCOCCOCCNC(=O)CCOCCOCCOCCOCCNC(=O)CS. The maximum atomic E-state index is 11.8. The highest BCUT2D eigenvalue weighted by atomic mass is 32.1. The number of nitrogens with one attached hydrogen (secondary N) is 2. The summed E-state index contributed by atoms with van der Waals surface area (Å²) in [4.78, 5) is 22.7. The van der Waals surface area contributed by atoms with Gasteiger partial charge in [0.15, 0.2) is 0 Å². The number of amides is 2. The number of hydrogen-bond donors (Lipinski definition) is 3. The molecule has 0 heterocycles. The van der Waals surface area contributed by atoms with Crippen LogP contribution in [0.5, 0.6) is 0 Å². The highest BCUT2D eigenvalue weighted by molar-refractivity contribution is 7.81. The molecule has 0 aromatic heterocycles. The lowest BCUT2D eigenvalue weighted by molar-refractivity contribution is -0.122. The summed E-state index contributed by atoms with van der Waals surface area (Å²) in [5, 5.41) is 5.43. The van der Waals surface area contributed by atoms with Gasteiger partial charge in [0.1, 0.15) is 7.85 Å². The average Bonchev–Trinajstić information content (AvgIpc) is 2.94. The molecule has 2 N–H and O–H groups in total. The molecule has 2 amide bonds.